The summed E-state index contributed by atoms with van der Waals surface area (Å²) in [4.78, 5) is 22.8. The average Bonchev–Trinajstić information content (AvgIpc) is 2.29. The Morgan fingerprint density at radius 3 is 2.59 bits per heavy atom. The Hall–Kier alpha value is -1.20. The van der Waals surface area contributed by atoms with Crippen molar-refractivity contribution in [2.24, 2.45) is 0 Å². The Bertz CT molecular complexity index is 440. The van der Waals surface area contributed by atoms with Crippen LogP contribution in [0.5, 0.6) is 0 Å². The van der Waals surface area contributed by atoms with E-state index in [0.717, 1.165) is 0 Å². The summed E-state index contributed by atoms with van der Waals surface area (Å²) in [5, 5.41) is 5.73. The van der Waals surface area contributed by atoms with Crippen LogP contribution < -0.4 is 10.6 Å². The predicted octanol–water partition coefficient (Wildman–Crippen LogP) is 0.430. The molecular formula is C10H11BCl2N2O2. The first-order chi connectivity index (χ1) is 8.04. The summed E-state index contributed by atoms with van der Waals surface area (Å²) in [5.74, 6) is -0.678. The van der Waals surface area contributed by atoms with E-state index in [4.69, 9.17) is 23.2 Å². The molecule has 90 valence electrons. The van der Waals surface area contributed by atoms with Crippen molar-refractivity contribution in [1.82, 2.24) is 10.6 Å². The molecule has 0 spiro atoms. The van der Waals surface area contributed by atoms with Gasteiger partial charge in [0.05, 0.1) is 17.1 Å². The van der Waals surface area contributed by atoms with Gasteiger partial charge in [-0.15, -0.1) is 0 Å². The second-order valence-electron chi connectivity index (χ2n) is 3.26. The molecule has 17 heavy (non-hydrogen) atoms. The predicted molar refractivity (Wildman–Crippen MR) is 70.3 cm³/mol. The Kier molecular flexibility index (Phi) is 5.32. The minimum Gasteiger partial charge on any atom is -0.363 e. The van der Waals surface area contributed by atoms with Gasteiger partial charge >= 0.3 is 0 Å². The molecule has 0 fully saturated rings. The summed E-state index contributed by atoms with van der Waals surface area (Å²) in [6.45, 7) is -0.0878. The summed E-state index contributed by atoms with van der Waals surface area (Å²) < 4.78 is 0. The van der Waals surface area contributed by atoms with Gasteiger partial charge in [0.25, 0.3) is 5.91 Å². The van der Waals surface area contributed by atoms with E-state index in [2.05, 4.69) is 10.6 Å². The lowest BCUT2D eigenvalue weighted by molar-refractivity contribution is -0.119. The van der Waals surface area contributed by atoms with E-state index < -0.39 is 5.91 Å². The van der Waals surface area contributed by atoms with Gasteiger partial charge in [-0.1, -0.05) is 23.2 Å². The highest BCUT2D eigenvalue weighted by Crippen LogP contribution is 2.20. The molecule has 0 radical (unpaired) electrons. The third-order valence-corrected chi connectivity index (χ3v) is 2.52. The topological polar surface area (TPSA) is 58.2 Å². The van der Waals surface area contributed by atoms with E-state index in [-0.39, 0.29) is 18.0 Å². The second kappa shape index (κ2) is 6.52. The molecule has 2 amide bonds. The van der Waals surface area contributed by atoms with Crippen molar-refractivity contribution in [3.05, 3.63) is 33.8 Å². The number of hydrogen-bond donors (Lipinski definition) is 2. The molecule has 0 aliphatic rings. The number of amides is 2. The number of rotatable bonds is 4. The van der Waals surface area contributed by atoms with Crippen molar-refractivity contribution < 1.29 is 9.59 Å². The first-order valence-corrected chi connectivity index (χ1v) is 5.80. The van der Waals surface area contributed by atoms with Crippen LogP contribution in [0.1, 0.15) is 10.4 Å². The van der Waals surface area contributed by atoms with Crippen molar-refractivity contribution in [3.63, 3.8) is 0 Å². The molecule has 0 bridgehead atoms. The number of carbonyl (C=O) groups is 2. The Balaban J connectivity index is 2.64. The fourth-order valence-corrected chi connectivity index (χ4v) is 1.56. The largest absolute Gasteiger partial charge is 0.363 e. The van der Waals surface area contributed by atoms with Gasteiger partial charge in [-0.2, -0.15) is 0 Å². The van der Waals surface area contributed by atoms with Crippen molar-refractivity contribution >= 4 is 42.9 Å². The zero-order valence-corrected chi connectivity index (χ0v) is 10.7. The Morgan fingerprint density at radius 2 is 1.94 bits per heavy atom. The van der Waals surface area contributed by atoms with E-state index in [1.165, 1.54) is 12.1 Å². The fraction of sp³-hybridized carbons (Fsp3) is 0.200. The molecule has 0 aliphatic carbocycles. The van der Waals surface area contributed by atoms with E-state index in [0.29, 0.717) is 16.5 Å². The first kappa shape index (κ1) is 13.9. The standard InChI is InChI=1S/C10H11BCl2N2O2/c11-5-15-9(16)4-14-10(17)7-3-6(12)1-2-8(7)13/h1-3H,4-5,11H2,(H,14,17)(H,15,16). The van der Waals surface area contributed by atoms with Crippen molar-refractivity contribution in [2.45, 2.75) is 0 Å². The van der Waals surface area contributed by atoms with Gasteiger partial charge < -0.3 is 10.6 Å². The van der Waals surface area contributed by atoms with Gasteiger partial charge in [0.2, 0.25) is 5.91 Å². The minimum absolute atomic E-state index is 0.0878. The lowest BCUT2D eigenvalue weighted by atomic mass is 10.2. The minimum atomic E-state index is -0.427. The zero-order valence-electron chi connectivity index (χ0n) is 9.22. The Labute approximate surface area is 110 Å². The van der Waals surface area contributed by atoms with E-state index in [1.54, 1.807) is 13.9 Å². The number of nitrogens with one attached hydrogen (secondary N) is 2. The molecule has 0 heterocycles. The average molecular weight is 273 g/mol. The molecule has 0 aliphatic heterocycles. The third-order valence-electron chi connectivity index (χ3n) is 1.96. The summed E-state index contributed by atoms with van der Waals surface area (Å²) in [5.41, 5.74) is 0.253. The zero-order chi connectivity index (χ0) is 12.8. The lowest BCUT2D eigenvalue weighted by Crippen LogP contribution is -2.37. The number of benzene rings is 1. The maximum absolute atomic E-state index is 11.7. The van der Waals surface area contributed by atoms with Crippen molar-refractivity contribution in [2.75, 3.05) is 13.0 Å². The molecule has 0 atom stereocenters. The monoisotopic (exact) mass is 272 g/mol. The summed E-state index contributed by atoms with van der Waals surface area (Å²) in [6, 6.07) is 4.58. The maximum Gasteiger partial charge on any atom is 0.253 e. The molecule has 0 unspecified atom stereocenters. The van der Waals surface area contributed by atoms with Crippen LogP contribution in [0.2, 0.25) is 10.0 Å². The van der Waals surface area contributed by atoms with Crippen LogP contribution in [0.25, 0.3) is 0 Å². The Morgan fingerprint density at radius 1 is 1.24 bits per heavy atom. The highest BCUT2D eigenvalue weighted by atomic mass is 35.5. The molecule has 7 heteroatoms. The van der Waals surface area contributed by atoms with Gasteiger partial charge in [0.1, 0.15) is 7.85 Å². The van der Waals surface area contributed by atoms with Crippen LogP contribution in [-0.2, 0) is 4.79 Å². The summed E-state index contributed by atoms with van der Waals surface area (Å²) in [7, 11) is 1.80. The molecule has 2 N–H and O–H groups in total. The lowest BCUT2D eigenvalue weighted by Gasteiger charge is -2.07. The van der Waals surface area contributed by atoms with E-state index >= 15 is 0 Å². The van der Waals surface area contributed by atoms with Crippen LogP contribution in [0.4, 0.5) is 0 Å². The number of halogens is 2. The van der Waals surface area contributed by atoms with E-state index in [1.807, 2.05) is 0 Å². The van der Waals surface area contributed by atoms with Gasteiger partial charge in [-0.05, 0) is 24.6 Å². The van der Waals surface area contributed by atoms with Crippen LogP contribution in [-0.4, -0.2) is 32.6 Å². The highest BCUT2D eigenvalue weighted by molar-refractivity contribution is 6.35. The van der Waals surface area contributed by atoms with E-state index in [9.17, 15) is 9.59 Å². The van der Waals surface area contributed by atoms with Crippen molar-refractivity contribution in [3.8, 4) is 0 Å². The molecule has 1 aromatic rings. The van der Waals surface area contributed by atoms with Crippen LogP contribution in [0, 0.1) is 0 Å². The second-order valence-corrected chi connectivity index (χ2v) is 4.10. The maximum atomic E-state index is 11.7. The normalized spacial score (nSPS) is 9.76. The molecule has 0 saturated carbocycles. The van der Waals surface area contributed by atoms with Crippen LogP contribution in [0.3, 0.4) is 0 Å². The van der Waals surface area contributed by atoms with Gasteiger partial charge in [0.15, 0.2) is 0 Å². The number of carbonyl (C=O) groups excluding carboxylic acids is 2. The molecule has 0 aromatic heterocycles. The van der Waals surface area contributed by atoms with Gasteiger partial charge in [-0.25, -0.2) is 0 Å². The van der Waals surface area contributed by atoms with Crippen molar-refractivity contribution in [1.29, 1.82) is 0 Å². The number of hydrogen-bond acceptors (Lipinski definition) is 2. The molecule has 4 nitrogen and oxygen atoms in total. The summed E-state index contributed by atoms with van der Waals surface area (Å²) in [6.07, 6.45) is 0.520. The third kappa shape index (κ3) is 4.28. The highest BCUT2D eigenvalue weighted by Gasteiger charge is 2.11. The SMILES string of the molecule is BCNC(=O)CNC(=O)c1cc(Cl)ccc1Cl. The quantitative estimate of drug-likeness (QED) is 0.781. The van der Waals surface area contributed by atoms with Crippen LogP contribution >= 0.6 is 23.2 Å². The molecular weight excluding hydrogens is 262 g/mol. The summed E-state index contributed by atoms with van der Waals surface area (Å²) >= 11 is 11.6. The fourth-order valence-electron chi connectivity index (χ4n) is 1.19. The molecule has 0 saturated heterocycles. The van der Waals surface area contributed by atoms with Crippen LogP contribution in [0.15, 0.2) is 18.2 Å². The molecule has 1 aromatic carbocycles. The first-order valence-electron chi connectivity index (χ1n) is 5.04. The molecule has 1 rings (SSSR count). The van der Waals surface area contributed by atoms with Gasteiger partial charge in [-0.3, -0.25) is 9.59 Å². The van der Waals surface area contributed by atoms with Gasteiger partial charge in [0, 0.05) is 5.02 Å². The smallest absolute Gasteiger partial charge is 0.253 e.